The fourth-order valence-electron chi connectivity index (χ4n) is 3.88. The van der Waals surface area contributed by atoms with Crippen LogP contribution in [-0.4, -0.2) is 20.5 Å². The number of amides is 1. The molecule has 0 aromatic heterocycles. The molecule has 0 atom stereocenters. The smallest absolute Gasteiger partial charge is 0.267 e. The normalized spacial score (nSPS) is 14.1. The molecule has 0 saturated heterocycles. The highest BCUT2D eigenvalue weighted by molar-refractivity contribution is 7.93. The second-order valence-electron chi connectivity index (χ2n) is 7.71. The Morgan fingerprint density at radius 2 is 1.68 bits per heavy atom. The molecule has 0 bridgehead atoms. The van der Waals surface area contributed by atoms with Gasteiger partial charge in [-0.25, -0.2) is 13.8 Å². The van der Waals surface area contributed by atoms with Crippen molar-refractivity contribution in [2.45, 2.75) is 11.4 Å². The first kappa shape index (κ1) is 22.4. The zero-order valence-electron chi connectivity index (χ0n) is 17.6. The highest BCUT2D eigenvalue weighted by Crippen LogP contribution is 2.42. The third kappa shape index (κ3) is 4.03. The number of halogens is 2. The van der Waals surface area contributed by atoms with Crippen molar-refractivity contribution >= 4 is 61.8 Å². The molecule has 34 heavy (non-hydrogen) atoms. The van der Waals surface area contributed by atoms with E-state index in [1.165, 1.54) is 10.5 Å². The van der Waals surface area contributed by atoms with Gasteiger partial charge in [0.25, 0.3) is 15.9 Å². The first-order valence-electron chi connectivity index (χ1n) is 10.3. The first-order valence-corrected chi connectivity index (χ1v) is 12.5. The number of benzene rings is 4. The lowest BCUT2D eigenvalue weighted by atomic mass is 10.1. The summed E-state index contributed by atoms with van der Waals surface area (Å²) in [6, 6.07) is 22.6. The zero-order valence-corrected chi connectivity index (χ0v) is 19.9. The van der Waals surface area contributed by atoms with Crippen LogP contribution in [0.15, 0.2) is 88.9 Å². The molecule has 6 nitrogen and oxygen atoms in total. The van der Waals surface area contributed by atoms with E-state index < -0.39 is 15.9 Å². The minimum absolute atomic E-state index is 0.160. The lowest BCUT2D eigenvalue weighted by molar-refractivity contribution is 0.0955. The summed E-state index contributed by atoms with van der Waals surface area (Å²) >= 11 is 11.9. The van der Waals surface area contributed by atoms with Gasteiger partial charge in [-0.3, -0.25) is 9.10 Å². The highest BCUT2D eigenvalue weighted by atomic mass is 35.5. The van der Waals surface area contributed by atoms with Crippen molar-refractivity contribution in [3.63, 3.8) is 0 Å². The fourth-order valence-corrected chi connectivity index (χ4v) is 5.88. The van der Waals surface area contributed by atoms with Crippen LogP contribution < -0.4 is 9.73 Å². The molecular formula is C25H17Cl2N3O3S. The molecule has 0 fully saturated rings. The van der Waals surface area contributed by atoms with Crippen molar-refractivity contribution in [1.82, 2.24) is 5.43 Å². The molecule has 5 rings (SSSR count). The molecule has 0 radical (unpaired) electrons. The van der Waals surface area contributed by atoms with Gasteiger partial charge in [-0.1, -0.05) is 65.7 Å². The largest absolute Gasteiger partial charge is 0.271 e. The maximum atomic E-state index is 13.1. The molecule has 1 heterocycles. The quantitative estimate of drug-likeness (QED) is 0.280. The number of nitrogens with zero attached hydrogens (tertiary/aromatic N) is 2. The number of nitrogens with one attached hydrogen (secondary N) is 1. The van der Waals surface area contributed by atoms with Crippen LogP contribution in [0.5, 0.6) is 0 Å². The number of hydrogen-bond donors (Lipinski definition) is 1. The van der Waals surface area contributed by atoms with E-state index >= 15 is 0 Å². The van der Waals surface area contributed by atoms with Gasteiger partial charge in [0.1, 0.15) is 0 Å². The molecule has 170 valence electrons. The second kappa shape index (κ2) is 8.76. The molecule has 0 spiro atoms. The lowest BCUT2D eigenvalue weighted by Gasteiger charge is -2.19. The third-order valence-corrected chi connectivity index (χ3v) is 8.09. The zero-order chi connectivity index (χ0) is 23.9. The van der Waals surface area contributed by atoms with Crippen molar-refractivity contribution in [2.24, 2.45) is 5.10 Å². The van der Waals surface area contributed by atoms with Crippen LogP contribution in [-0.2, 0) is 16.6 Å². The number of anilines is 1. The Balaban J connectivity index is 1.30. The molecule has 0 aliphatic carbocycles. The van der Waals surface area contributed by atoms with Gasteiger partial charge >= 0.3 is 0 Å². The van der Waals surface area contributed by atoms with Gasteiger partial charge in [-0.15, -0.1) is 0 Å². The number of hydrogen-bond acceptors (Lipinski definition) is 4. The summed E-state index contributed by atoms with van der Waals surface area (Å²) in [4.78, 5) is 12.7. The maximum Gasteiger partial charge on any atom is 0.271 e. The summed E-state index contributed by atoms with van der Waals surface area (Å²) in [6.45, 7) is 0.160. The van der Waals surface area contributed by atoms with E-state index in [1.807, 2.05) is 24.3 Å². The van der Waals surface area contributed by atoms with E-state index in [-0.39, 0.29) is 6.54 Å². The number of rotatable bonds is 5. The van der Waals surface area contributed by atoms with Crippen molar-refractivity contribution in [1.29, 1.82) is 0 Å². The Labute approximate surface area is 206 Å². The van der Waals surface area contributed by atoms with Gasteiger partial charge < -0.3 is 0 Å². The van der Waals surface area contributed by atoms with Crippen molar-refractivity contribution < 1.29 is 13.2 Å². The van der Waals surface area contributed by atoms with E-state index in [0.29, 0.717) is 31.8 Å². The van der Waals surface area contributed by atoms with Gasteiger partial charge in [-0.05, 0) is 52.9 Å². The number of sulfonamides is 1. The highest BCUT2D eigenvalue weighted by Gasteiger charge is 2.35. The summed E-state index contributed by atoms with van der Waals surface area (Å²) in [5, 5.41) is 6.40. The van der Waals surface area contributed by atoms with Crippen LogP contribution in [0.2, 0.25) is 10.0 Å². The number of carbonyl (C=O) groups is 1. The molecule has 1 N–H and O–H groups in total. The summed E-state index contributed by atoms with van der Waals surface area (Å²) in [7, 11) is -3.65. The van der Waals surface area contributed by atoms with E-state index in [0.717, 1.165) is 16.3 Å². The number of carbonyl (C=O) groups excluding carboxylic acids is 1. The van der Waals surface area contributed by atoms with E-state index in [2.05, 4.69) is 10.5 Å². The second-order valence-corrected chi connectivity index (χ2v) is 10.4. The van der Waals surface area contributed by atoms with Gasteiger partial charge in [0, 0.05) is 10.9 Å². The minimum Gasteiger partial charge on any atom is -0.267 e. The van der Waals surface area contributed by atoms with Crippen LogP contribution >= 0.6 is 23.2 Å². The van der Waals surface area contributed by atoms with Gasteiger partial charge in [0.2, 0.25) is 0 Å². The van der Waals surface area contributed by atoms with Crippen molar-refractivity contribution in [2.75, 3.05) is 4.31 Å². The Bertz CT molecular complexity index is 1560. The first-order chi connectivity index (χ1) is 16.3. The molecule has 0 saturated carbocycles. The molecular weight excluding hydrogens is 493 g/mol. The molecule has 4 aromatic carbocycles. The van der Waals surface area contributed by atoms with E-state index in [9.17, 15) is 13.2 Å². The summed E-state index contributed by atoms with van der Waals surface area (Å²) in [6.07, 6.45) is 1.46. The SMILES string of the molecule is O=C(N/N=C\c1ccc(Cl)c(Cl)c1)c1ccc(CN2c3cccc4cccc(c34)S2(=O)=O)cc1. The Morgan fingerprint density at radius 1 is 0.941 bits per heavy atom. The molecule has 1 amide bonds. The van der Waals surface area contributed by atoms with Crippen LogP contribution in [0.1, 0.15) is 21.5 Å². The maximum absolute atomic E-state index is 13.1. The monoisotopic (exact) mass is 509 g/mol. The van der Waals surface area contributed by atoms with Crippen LogP contribution in [0.3, 0.4) is 0 Å². The van der Waals surface area contributed by atoms with Crippen molar-refractivity contribution in [3.8, 4) is 0 Å². The van der Waals surface area contributed by atoms with E-state index in [1.54, 1.807) is 54.6 Å². The molecule has 1 aliphatic heterocycles. The Morgan fingerprint density at radius 3 is 2.41 bits per heavy atom. The topological polar surface area (TPSA) is 78.8 Å². The van der Waals surface area contributed by atoms with E-state index in [4.69, 9.17) is 23.2 Å². The average Bonchev–Trinajstić information content (AvgIpc) is 3.05. The standard InChI is InChI=1S/C25H17Cl2N3O3S/c26-20-12-9-17(13-21(20)27)14-28-29-25(31)19-10-7-16(8-11-19)15-30-22-5-1-3-18-4-2-6-23(24(18)22)34(30,32)33/h1-14H,15H2,(H,29,31)/b28-14-. The Hall–Kier alpha value is -3.39. The van der Waals surface area contributed by atoms with Gasteiger partial charge in [0.05, 0.1) is 33.4 Å². The summed E-state index contributed by atoms with van der Waals surface area (Å²) in [5.74, 6) is -0.395. The summed E-state index contributed by atoms with van der Waals surface area (Å²) < 4.78 is 27.7. The lowest BCUT2D eigenvalue weighted by Crippen LogP contribution is -2.26. The van der Waals surface area contributed by atoms with Gasteiger partial charge in [-0.2, -0.15) is 5.10 Å². The van der Waals surface area contributed by atoms with Crippen LogP contribution in [0.4, 0.5) is 5.69 Å². The number of hydrazone groups is 1. The molecule has 0 unspecified atom stereocenters. The average molecular weight is 510 g/mol. The predicted molar refractivity (Wildman–Crippen MR) is 135 cm³/mol. The van der Waals surface area contributed by atoms with Crippen molar-refractivity contribution in [3.05, 3.63) is 106 Å². The summed E-state index contributed by atoms with van der Waals surface area (Å²) in [5.41, 5.74) is 4.95. The third-order valence-electron chi connectivity index (χ3n) is 5.55. The Kier molecular flexibility index (Phi) is 5.77. The molecule has 9 heteroatoms. The van der Waals surface area contributed by atoms with Gasteiger partial charge in [0.15, 0.2) is 0 Å². The molecule has 4 aromatic rings. The molecule has 1 aliphatic rings. The van der Waals surface area contributed by atoms with Crippen LogP contribution in [0, 0.1) is 0 Å². The minimum atomic E-state index is -3.65. The van der Waals surface area contributed by atoms with Crippen LogP contribution in [0.25, 0.3) is 10.8 Å². The fraction of sp³-hybridized carbons (Fsp3) is 0.0400. The predicted octanol–water partition coefficient (Wildman–Crippen LogP) is 5.62.